The van der Waals surface area contributed by atoms with E-state index in [1.165, 1.54) is 25.7 Å². The van der Waals surface area contributed by atoms with Gasteiger partial charge in [-0.25, -0.2) is 4.79 Å². The molecule has 2 amide bonds. The van der Waals surface area contributed by atoms with Crippen LogP contribution in [0.2, 0.25) is 0 Å². The fraction of sp³-hybridized carbons (Fsp3) is 0.929. The van der Waals surface area contributed by atoms with Crippen LogP contribution in [0, 0.1) is 5.92 Å². The first kappa shape index (κ1) is 13.7. The molecule has 0 aromatic heterocycles. The predicted molar refractivity (Wildman–Crippen MR) is 73.3 cm³/mol. The summed E-state index contributed by atoms with van der Waals surface area (Å²) in [4.78, 5) is 12.1. The molecule has 2 unspecified atom stereocenters. The number of hydrogen-bond donors (Lipinski definition) is 3. The van der Waals surface area contributed by atoms with Crippen molar-refractivity contribution in [1.82, 2.24) is 10.6 Å². The largest absolute Gasteiger partial charge is 0.335 e. The molecule has 4 N–H and O–H groups in total. The van der Waals surface area contributed by atoms with Gasteiger partial charge in [0.25, 0.3) is 0 Å². The van der Waals surface area contributed by atoms with Gasteiger partial charge in [0.15, 0.2) is 0 Å². The zero-order valence-electron chi connectivity index (χ0n) is 11.5. The van der Waals surface area contributed by atoms with Gasteiger partial charge in [-0.3, -0.25) is 0 Å². The first-order valence-electron chi connectivity index (χ1n) is 7.42. The van der Waals surface area contributed by atoms with Crippen LogP contribution in [0.3, 0.4) is 0 Å². The summed E-state index contributed by atoms with van der Waals surface area (Å²) in [7, 11) is 0. The Morgan fingerprint density at radius 2 is 2.00 bits per heavy atom. The minimum absolute atomic E-state index is 0.0125. The van der Waals surface area contributed by atoms with Crippen LogP contribution < -0.4 is 16.4 Å². The number of rotatable bonds is 3. The SMILES string of the molecule is CC1CCCC(CN)(NC(=O)NC2CCCC2)C1. The fourth-order valence-electron chi connectivity index (χ4n) is 3.54. The second-order valence-electron chi connectivity index (χ2n) is 6.27. The predicted octanol–water partition coefficient (Wildman–Crippen LogP) is 2.14. The van der Waals surface area contributed by atoms with E-state index >= 15 is 0 Å². The van der Waals surface area contributed by atoms with E-state index < -0.39 is 0 Å². The monoisotopic (exact) mass is 253 g/mol. The standard InChI is InChI=1S/C14H27N3O/c1-11-5-4-8-14(9-11,10-15)17-13(18)16-12-6-2-3-7-12/h11-12H,2-10,15H2,1H3,(H2,16,17,18). The number of hydrogen-bond acceptors (Lipinski definition) is 2. The molecule has 2 atom stereocenters. The van der Waals surface area contributed by atoms with E-state index in [4.69, 9.17) is 5.73 Å². The summed E-state index contributed by atoms with van der Waals surface area (Å²) in [6.07, 6.45) is 9.19. The summed E-state index contributed by atoms with van der Waals surface area (Å²) in [5.74, 6) is 0.661. The first-order valence-corrected chi connectivity index (χ1v) is 7.42. The van der Waals surface area contributed by atoms with Crippen molar-refractivity contribution in [1.29, 1.82) is 0 Å². The highest BCUT2D eigenvalue weighted by Gasteiger charge is 2.35. The van der Waals surface area contributed by atoms with Crippen molar-refractivity contribution in [2.24, 2.45) is 11.7 Å². The average molecular weight is 253 g/mol. The van der Waals surface area contributed by atoms with Crippen molar-refractivity contribution in [2.45, 2.75) is 69.9 Å². The fourth-order valence-corrected chi connectivity index (χ4v) is 3.54. The Morgan fingerprint density at radius 3 is 2.61 bits per heavy atom. The van der Waals surface area contributed by atoms with Gasteiger partial charge in [-0.1, -0.05) is 32.6 Å². The molecule has 0 heterocycles. The number of carbonyl (C=O) groups excluding carboxylic acids is 1. The summed E-state index contributed by atoms with van der Waals surface area (Å²) in [5, 5.41) is 6.26. The summed E-state index contributed by atoms with van der Waals surface area (Å²) in [6.45, 7) is 2.80. The van der Waals surface area contributed by atoms with Gasteiger partial charge in [-0.05, 0) is 31.6 Å². The van der Waals surface area contributed by atoms with Crippen LogP contribution in [-0.2, 0) is 0 Å². The van der Waals surface area contributed by atoms with E-state index in [1.54, 1.807) is 0 Å². The lowest BCUT2D eigenvalue weighted by Crippen LogP contribution is -2.59. The second kappa shape index (κ2) is 5.91. The van der Waals surface area contributed by atoms with Gasteiger partial charge in [0.2, 0.25) is 0 Å². The van der Waals surface area contributed by atoms with Crippen molar-refractivity contribution in [3.05, 3.63) is 0 Å². The molecule has 18 heavy (non-hydrogen) atoms. The smallest absolute Gasteiger partial charge is 0.315 e. The molecule has 2 aliphatic carbocycles. The number of nitrogens with two attached hydrogens (primary N) is 1. The Labute approximate surface area is 110 Å². The first-order chi connectivity index (χ1) is 8.63. The second-order valence-corrected chi connectivity index (χ2v) is 6.27. The molecule has 2 aliphatic rings. The molecular formula is C14H27N3O. The summed E-state index contributed by atoms with van der Waals surface area (Å²) >= 11 is 0. The topological polar surface area (TPSA) is 67.1 Å². The van der Waals surface area contributed by atoms with E-state index in [9.17, 15) is 4.79 Å². The zero-order valence-corrected chi connectivity index (χ0v) is 11.5. The van der Waals surface area contributed by atoms with Crippen molar-refractivity contribution in [2.75, 3.05) is 6.54 Å². The molecule has 2 rings (SSSR count). The van der Waals surface area contributed by atoms with E-state index in [2.05, 4.69) is 17.6 Å². The minimum Gasteiger partial charge on any atom is -0.335 e. The Kier molecular flexibility index (Phi) is 4.49. The highest BCUT2D eigenvalue weighted by molar-refractivity contribution is 5.75. The highest BCUT2D eigenvalue weighted by atomic mass is 16.2. The molecule has 2 saturated carbocycles. The maximum atomic E-state index is 12.1. The molecule has 0 bridgehead atoms. The van der Waals surface area contributed by atoms with Crippen LogP contribution in [0.5, 0.6) is 0 Å². The molecule has 4 heteroatoms. The van der Waals surface area contributed by atoms with Crippen LogP contribution in [-0.4, -0.2) is 24.2 Å². The van der Waals surface area contributed by atoms with Crippen LogP contribution >= 0.6 is 0 Å². The zero-order chi connectivity index (χ0) is 13.0. The van der Waals surface area contributed by atoms with Crippen molar-refractivity contribution in [3.63, 3.8) is 0 Å². The van der Waals surface area contributed by atoms with Gasteiger partial charge in [-0.2, -0.15) is 0 Å². The third-order valence-corrected chi connectivity index (χ3v) is 4.55. The third-order valence-electron chi connectivity index (χ3n) is 4.55. The van der Waals surface area contributed by atoms with Gasteiger partial charge in [-0.15, -0.1) is 0 Å². The molecule has 104 valence electrons. The molecule has 0 aromatic rings. The van der Waals surface area contributed by atoms with E-state index in [0.717, 1.165) is 25.7 Å². The maximum absolute atomic E-state index is 12.1. The van der Waals surface area contributed by atoms with Crippen LogP contribution in [0.4, 0.5) is 4.79 Å². The molecule has 0 radical (unpaired) electrons. The normalized spacial score (nSPS) is 33.3. The van der Waals surface area contributed by atoms with Gasteiger partial charge < -0.3 is 16.4 Å². The van der Waals surface area contributed by atoms with Gasteiger partial charge in [0, 0.05) is 12.6 Å². The molecule has 2 fully saturated rings. The van der Waals surface area contributed by atoms with E-state index in [0.29, 0.717) is 18.5 Å². The van der Waals surface area contributed by atoms with Crippen LogP contribution in [0.1, 0.15) is 58.3 Å². The van der Waals surface area contributed by atoms with E-state index in [1.807, 2.05) is 0 Å². The lowest BCUT2D eigenvalue weighted by Gasteiger charge is -2.40. The quantitative estimate of drug-likeness (QED) is 0.721. The Bertz CT molecular complexity index is 289. The number of urea groups is 1. The molecular weight excluding hydrogens is 226 g/mol. The summed E-state index contributed by atoms with van der Waals surface area (Å²) < 4.78 is 0. The van der Waals surface area contributed by atoms with Crippen molar-refractivity contribution >= 4 is 6.03 Å². The maximum Gasteiger partial charge on any atom is 0.315 e. The lowest BCUT2D eigenvalue weighted by atomic mass is 9.76. The Balaban J connectivity index is 1.86. The number of amides is 2. The number of nitrogens with one attached hydrogen (secondary N) is 2. The summed E-state index contributed by atoms with van der Waals surface area (Å²) in [6, 6.07) is 0.363. The van der Waals surface area contributed by atoms with Crippen molar-refractivity contribution < 1.29 is 4.79 Å². The van der Waals surface area contributed by atoms with Crippen LogP contribution in [0.15, 0.2) is 0 Å². The van der Waals surface area contributed by atoms with Gasteiger partial charge >= 0.3 is 6.03 Å². The van der Waals surface area contributed by atoms with Crippen molar-refractivity contribution in [3.8, 4) is 0 Å². The number of carbonyl (C=O) groups is 1. The highest BCUT2D eigenvalue weighted by Crippen LogP contribution is 2.31. The minimum atomic E-state index is -0.166. The average Bonchev–Trinajstić information content (AvgIpc) is 2.81. The molecule has 0 saturated heterocycles. The Hall–Kier alpha value is -0.770. The molecule has 0 aromatic carbocycles. The molecule has 4 nitrogen and oxygen atoms in total. The summed E-state index contributed by atoms with van der Waals surface area (Å²) in [5.41, 5.74) is 5.75. The van der Waals surface area contributed by atoms with E-state index in [-0.39, 0.29) is 11.6 Å². The third kappa shape index (κ3) is 3.37. The molecule has 0 aliphatic heterocycles. The molecule has 0 spiro atoms. The lowest BCUT2D eigenvalue weighted by molar-refractivity contribution is 0.182. The Morgan fingerprint density at radius 1 is 1.28 bits per heavy atom. The van der Waals surface area contributed by atoms with Gasteiger partial charge in [0.1, 0.15) is 0 Å². The van der Waals surface area contributed by atoms with Gasteiger partial charge in [0.05, 0.1) is 5.54 Å². The van der Waals surface area contributed by atoms with Crippen LogP contribution in [0.25, 0.3) is 0 Å².